The lowest BCUT2D eigenvalue weighted by Crippen LogP contribution is -2.38. The van der Waals surface area contributed by atoms with Gasteiger partial charge in [0.25, 0.3) is 0 Å². The van der Waals surface area contributed by atoms with Gasteiger partial charge in [-0.05, 0) is 39.4 Å². The SMILES string of the molecule is CCOC(=O)C1=C(C)N=C2SC=C(CC(=O)NCCN(C)C)N2C1c1cccc(OC)c1OC. The molecule has 0 fully saturated rings. The van der Waals surface area contributed by atoms with Crippen LogP contribution in [0.25, 0.3) is 0 Å². The van der Waals surface area contributed by atoms with Crippen molar-refractivity contribution < 1.29 is 23.8 Å². The Morgan fingerprint density at radius 1 is 1.24 bits per heavy atom. The highest BCUT2D eigenvalue weighted by Gasteiger charge is 2.42. The van der Waals surface area contributed by atoms with Crippen molar-refractivity contribution in [3.63, 3.8) is 0 Å². The molecule has 0 radical (unpaired) electrons. The number of nitrogens with zero attached hydrogens (tertiary/aromatic N) is 3. The van der Waals surface area contributed by atoms with Gasteiger partial charge in [-0.15, -0.1) is 0 Å². The number of nitrogens with one attached hydrogen (secondary N) is 1. The number of allylic oxidation sites excluding steroid dienone is 1. The van der Waals surface area contributed by atoms with Crippen LogP contribution in [0.3, 0.4) is 0 Å². The maximum Gasteiger partial charge on any atom is 0.338 e. The van der Waals surface area contributed by atoms with Gasteiger partial charge in [0.05, 0.1) is 44.6 Å². The molecule has 1 amide bonds. The third kappa shape index (κ3) is 5.39. The van der Waals surface area contributed by atoms with Gasteiger partial charge in [0.1, 0.15) is 0 Å². The molecular weight excluding hydrogens is 456 g/mol. The minimum Gasteiger partial charge on any atom is -0.493 e. The van der Waals surface area contributed by atoms with Gasteiger partial charge in [0.15, 0.2) is 16.7 Å². The molecule has 0 aromatic heterocycles. The lowest BCUT2D eigenvalue weighted by Gasteiger charge is -2.37. The summed E-state index contributed by atoms with van der Waals surface area (Å²) < 4.78 is 16.6. The fourth-order valence-corrected chi connectivity index (χ4v) is 4.87. The van der Waals surface area contributed by atoms with Gasteiger partial charge in [-0.25, -0.2) is 9.79 Å². The molecule has 2 heterocycles. The Labute approximate surface area is 204 Å². The van der Waals surface area contributed by atoms with Gasteiger partial charge < -0.3 is 29.3 Å². The first-order valence-electron chi connectivity index (χ1n) is 11.1. The number of methoxy groups -OCH3 is 2. The molecule has 1 atom stereocenters. The van der Waals surface area contributed by atoms with E-state index in [1.807, 2.05) is 41.4 Å². The van der Waals surface area contributed by atoms with Gasteiger partial charge in [0, 0.05) is 24.4 Å². The minimum atomic E-state index is -0.590. The zero-order chi connectivity index (χ0) is 24.8. The van der Waals surface area contributed by atoms with Crippen molar-refractivity contribution in [2.45, 2.75) is 26.3 Å². The second kappa shape index (κ2) is 11.4. The molecule has 3 rings (SSSR count). The summed E-state index contributed by atoms with van der Waals surface area (Å²) in [6.07, 6.45) is 0.150. The Morgan fingerprint density at radius 3 is 2.65 bits per heavy atom. The molecule has 1 N–H and O–H groups in total. The van der Waals surface area contributed by atoms with Crippen LogP contribution < -0.4 is 14.8 Å². The molecule has 10 heteroatoms. The smallest absolute Gasteiger partial charge is 0.338 e. The van der Waals surface area contributed by atoms with Crippen molar-refractivity contribution in [3.8, 4) is 11.5 Å². The number of hydrogen-bond acceptors (Lipinski definition) is 9. The third-order valence-corrected chi connectivity index (χ3v) is 6.34. The maximum atomic E-state index is 13.1. The lowest BCUT2D eigenvalue weighted by atomic mass is 9.92. The number of likely N-dealkylation sites (N-methyl/N-ethyl adjacent to an activating group) is 1. The summed E-state index contributed by atoms with van der Waals surface area (Å²) in [6, 6.07) is 4.95. The van der Waals surface area contributed by atoms with E-state index in [9.17, 15) is 9.59 Å². The first-order valence-corrected chi connectivity index (χ1v) is 11.9. The van der Waals surface area contributed by atoms with Crippen LogP contribution in [0, 0.1) is 0 Å². The highest BCUT2D eigenvalue weighted by Crippen LogP contribution is 2.48. The van der Waals surface area contributed by atoms with Crippen LogP contribution in [-0.4, -0.2) is 74.9 Å². The summed E-state index contributed by atoms with van der Waals surface area (Å²) in [5.41, 5.74) is 2.43. The molecule has 0 spiro atoms. The lowest BCUT2D eigenvalue weighted by molar-refractivity contribution is -0.139. The van der Waals surface area contributed by atoms with Crippen molar-refractivity contribution in [1.29, 1.82) is 0 Å². The van der Waals surface area contributed by atoms with Crippen LogP contribution in [0.4, 0.5) is 0 Å². The molecule has 0 bridgehead atoms. The Kier molecular flexibility index (Phi) is 8.62. The highest BCUT2D eigenvalue weighted by atomic mass is 32.2. The Balaban J connectivity index is 2.03. The van der Waals surface area contributed by atoms with E-state index < -0.39 is 12.0 Å². The monoisotopic (exact) mass is 488 g/mol. The van der Waals surface area contributed by atoms with Crippen molar-refractivity contribution in [3.05, 3.63) is 46.1 Å². The van der Waals surface area contributed by atoms with Crippen LogP contribution in [-0.2, 0) is 14.3 Å². The molecule has 1 aromatic carbocycles. The normalized spacial score (nSPS) is 17.3. The molecule has 0 aliphatic carbocycles. The van der Waals surface area contributed by atoms with E-state index in [1.54, 1.807) is 34.1 Å². The second-order valence-electron chi connectivity index (χ2n) is 8.03. The molecule has 9 nitrogen and oxygen atoms in total. The summed E-state index contributed by atoms with van der Waals surface area (Å²) in [7, 11) is 7.04. The molecular formula is C24H32N4O5S. The van der Waals surface area contributed by atoms with E-state index in [-0.39, 0.29) is 18.9 Å². The molecule has 2 aliphatic heterocycles. The molecule has 1 unspecified atom stereocenters. The fraction of sp³-hybridized carbons (Fsp3) is 0.458. The van der Waals surface area contributed by atoms with Crippen molar-refractivity contribution in [1.82, 2.24) is 15.1 Å². The van der Waals surface area contributed by atoms with Crippen molar-refractivity contribution >= 4 is 28.8 Å². The topological polar surface area (TPSA) is 92.7 Å². The summed E-state index contributed by atoms with van der Waals surface area (Å²) >= 11 is 1.43. The number of amides is 1. The number of aliphatic imine (C=N–C) groups is 1. The third-order valence-electron chi connectivity index (χ3n) is 5.45. The standard InChI is InChI=1S/C24H32N4O5S/c1-7-33-23(30)20-15(2)26-24-28(16(14-34-24)13-19(29)25-11-12-27(3)4)21(20)17-9-8-10-18(31-5)22(17)32-6/h8-10,14,21H,7,11-13H2,1-6H3,(H,25,29). The maximum absolute atomic E-state index is 13.1. The number of benzene rings is 1. The zero-order valence-electron chi connectivity index (χ0n) is 20.5. The van der Waals surface area contributed by atoms with E-state index >= 15 is 0 Å². The van der Waals surface area contributed by atoms with E-state index in [0.29, 0.717) is 34.5 Å². The summed E-state index contributed by atoms with van der Waals surface area (Å²) in [6.45, 7) is 5.09. The summed E-state index contributed by atoms with van der Waals surface area (Å²) in [5, 5.41) is 5.55. The van der Waals surface area contributed by atoms with Gasteiger partial charge >= 0.3 is 5.97 Å². The quantitative estimate of drug-likeness (QED) is 0.503. The van der Waals surface area contributed by atoms with Crippen LogP contribution in [0.5, 0.6) is 11.5 Å². The van der Waals surface area contributed by atoms with E-state index in [0.717, 1.165) is 17.8 Å². The minimum absolute atomic E-state index is 0.102. The van der Waals surface area contributed by atoms with Crippen LogP contribution in [0.1, 0.15) is 31.9 Å². The number of fused-ring (bicyclic) bond motifs is 1. The van der Waals surface area contributed by atoms with E-state index in [4.69, 9.17) is 14.2 Å². The Bertz CT molecular complexity index is 1030. The molecule has 0 saturated heterocycles. The number of esters is 1. The van der Waals surface area contributed by atoms with Crippen molar-refractivity contribution in [2.24, 2.45) is 4.99 Å². The number of amidine groups is 1. The summed E-state index contributed by atoms with van der Waals surface area (Å²) in [5.74, 6) is 0.501. The average molecular weight is 489 g/mol. The summed E-state index contributed by atoms with van der Waals surface area (Å²) in [4.78, 5) is 34.4. The van der Waals surface area contributed by atoms with Crippen molar-refractivity contribution in [2.75, 3.05) is 48.0 Å². The number of para-hydroxylation sites is 1. The second-order valence-corrected chi connectivity index (χ2v) is 8.86. The predicted octanol–water partition coefficient (Wildman–Crippen LogP) is 2.91. The first-order chi connectivity index (χ1) is 16.3. The molecule has 184 valence electrons. The number of hydrogen-bond donors (Lipinski definition) is 1. The van der Waals surface area contributed by atoms with E-state index in [2.05, 4.69) is 10.3 Å². The van der Waals surface area contributed by atoms with Gasteiger partial charge in [0.2, 0.25) is 5.91 Å². The number of carbonyl (C=O) groups excluding carboxylic acids is 2. The number of carbonyl (C=O) groups is 2. The molecule has 2 aliphatic rings. The largest absolute Gasteiger partial charge is 0.493 e. The number of ether oxygens (including phenoxy) is 3. The molecule has 0 saturated carbocycles. The highest BCUT2D eigenvalue weighted by molar-refractivity contribution is 8.16. The van der Waals surface area contributed by atoms with Crippen LogP contribution in [0.15, 0.2) is 45.6 Å². The number of thioether (sulfide) groups is 1. The van der Waals surface area contributed by atoms with Crippen LogP contribution in [0.2, 0.25) is 0 Å². The number of rotatable bonds is 10. The van der Waals surface area contributed by atoms with Gasteiger partial charge in [-0.1, -0.05) is 23.9 Å². The fourth-order valence-electron chi connectivity index (χ4n) is 3.91. The first kappa shape index (κ1) is 25.6. The Morgan fingerprint density at radius 2 is 2.00 bits per heavy atom. The van der Waals surface area contributed by atoms with Crippen LogP contribution >= 0.6 is 11.8 Å². The zero-order valence-corrected chi connectivity index (χ0v) is 21.3. The average Bonchev–Trinajstić information content (AvgIpc) is 3.19. The Hall–Kier alpha value is -2.98. The van der Waals surface area contributed by atoms with E-state index in [1.165, 1.54) is 11.8 Å². The van der Waals surface area contributed by atoms with Gasteiger partial charge in [-0.2, -0.15) is 0 Å². The molecule has 34 heavy (non-hydrogen) atoms. The molecule has 1 aromatic rings. The predicted molar refractivity (Wildman–Crippen MR) is 133 cm³/mol. The van der Waals surface area contributed by atoms with Gasteiger partial charge in [-0.3, -0.25) is 4.79 Å².